The molecular formula is C22H24N6O2. The van der Waals surface area contributed by atoms with E-state index in [1.54, 1.807) is 18.6 Å². The maximum atomic E-state index is 12.7. The highest BCUT2D eigenvalue weighted by Gasteiger charge is 2.42. The van der Waals surface area contributed by atoms with Crippen LogP contribution >= 0.6 is 0 Å². The van der Waals surface area contributed by atoms with Crippen LogP contribution in [0.2, 0.25) is 0 Å². The van der Waals surface area contributed by atoms with Crippen molar-refractivity contribution in [3.63, 3.8) is 0 Å². The lowest BCUT2D eigenvalue weighted by molar-refractivity contribution is -0.121. The van der Waals surface area contributed by atoms with Crippen LogP contribution in [0.1, 0.15) is 24.8 Å². The van der Waals surface area contributed by atoms with E-state index in [1.807, 2.05) is 40.1 Å². The Kier molecular flexibility index (Phi) is 4.82. The van der Waals surface area contributed by atoms with Gasteiger partial charge in [0.25, 0.3) is 0 Å². The van der Waals surface area contributed by atoms with Crippen LogP contribution in [0.15, 0.2) is 47.7 Å². The normalized spacial score (nSPS) is 20.5. The number of carbonyl (C=O) groups is 2. The molecule has 154 valence electrons. The maximum absolute atomic E-state index is 12.7. The molecule has 0 unspecified atom stereocenters. The molecule has 1 saturated carbocycles. The number of rotatable bonds is 6. The minimum atomic E-state index is -0.145. The van der Waals surface area contributed by atoms with Crippen molar-refractivity contribution in [1.82, 2.24) is 10.4 Å². The number of hydrogen-bond acceptors (Lipinski definition) is 6. The zero-order valence-electron chi connectivity index (χ0n) is 16.6. The molecule has 2 aliphatic heterocycles. The third-order valence-electron chi connectivity index (χ3n) is 5.90. The topological polar surface area (TPSA) is 89.9 Å². The Labute approximate surface area is 175 Å². The molecule has 1 aromatic carbocycles. The number of carbonyl (C=O) groups excluding carboxylic acids is 2. The number of nitrogens with one attached hydrogen (secondary N) is 2. The Bertz CT molecular complexity index is 1000. The number of hydrazone groups is 1. The molecule has 3 aliphatic rings. The SMILES string of the molecule is O=C(Cc1cccc(N2C=NNC2)c1)Nc1cc(N2CC[C@@H](C3CC3)C2=O)ccn1. The molecule has 3 heterocycles. The molecule has 0 radical (unpaired) electrons. The van der Waals surface area contributed by atoms with Crippen LogP contribution in [-0.4, -0.2) is 36.4 Å². The first-order chi connectivity index (χ1) is 14.7. The standard InChI is InChI=1S/C22H24N6O2/c29-21(11-15-2-1-3-17(10-15)27-13-24-25-14-27)26-20-12-18(6-8-23-20)28-9-7-19(22(28)30)16-4-5-16/h1-3,6,8,10,12-13,16,19,25H,4-5,7,9,11,14H2,(H,23,26,29)/t19-/m0/s1. The molecule has 30 heavy (non-hydrogen) atoms. The van der Waals surface area contributed by atoms with E-state index in [1.165, 1.54) is 12.8 Å². The molecular weight excluding hydrogens is 380 g/mol. The van der Waals surface area contributed by atoms with Gasteiger partial charge in [0, 0.05) is 36.1 Å². The molecule has 0 bridgehead atoms. The summed E-state index contributed by atoms with van der Waals surface area (Å²) in [5.74, 6) is 1.26. The van der Waals surface area contributed by atoms with Crippen molar-refractivity contribution in [2.75, 3.05) is 28.3 Å². The highest BCUT2D eigenvalue weighted by atomic mass is 16.2. The fourth-order valence-corrected chi connectivity index (χ4v) is 4.19. The Morgan fingerprint density at radius 3 is 2.87 bits per heavy atom. The summed E-state index contributed by atoms with van der Waals surface area (Å²) in [6.45, 7) is 1.35. The van der Waals surface area contributed by atoms with Gasteiger partial charge in [-0.2, -0.15) is 5.10 Å². The summed E-state index contributed by atoms with van der Waals surface area (Å²) >= 11 is 0. The molecule has 8 heteroatoms. The second-order valence-corrected chi connectivity index (χ2v) is 8.05. The van der Waals surface area contributed by atoms with Gasteiger partial charge in [0.05, 0.1) is 6.42 Å². The molecule has 1 aliphatic carbocycles. The van der Waals surface area contributed by atoms with Gasteiger partial charge < -0.3 is 15.1 Å². The number of hydrogen-bond donors (Lipinski definition) is 2. The van der Waals surface area contributed by atoms with Gasteiger partial charge in [0.1, 0.15) is 18.8 Å². The predicted molar refractivity (Wildman–Crippen MR) is 115 cm³/mol. The van der Waals surface area contributed by atoms with E-state index in [0.717, 1.165) is 29.9 Å². The van der Waals surface area contributed by atoms with Crippen LogP contribution in [0.25, 0.3) is 0 Å². The molecule has 5 rings (SSSR count). The minimum Gasteiger partial charge on any atom is -0.312 e. The van der Waals surface area contributed by atoms with Crippen molar-refractivity contribution in [3.05, 3.63) is 48.2 Å². The van der Waals surface area contributed by atoms with Gasteiger partial charge >= 0.3 is 0 Å². The second-order valence-electron chi connectivity index (χ2n) is 8.05. The molecule has 1 saturated heterocycles. The zero-order valence-corrected chi connectivity index (χ0v) is 16.6. The van der Waals surface area contributed by atoms with Gasteiger partial charge in [0.15, 0.2) is 0 Å². The lowest BCUT2D eigenvalue weighted by Gasteiger charge is -2.17. The lowest BCUT2D eigenvalue weighted by Crippen LogP contribution is -2.27. The summed E-state index contributed by atoms with van der Waals surface area (Å²) in [5.41, 5.74) is 5.57. The average Bonchev–Trinajstić information content (AvgIpc) is 3.28. The smallest absolute Gasteiger partial charge is 0.230 e. The third-order valence-corrected chi connectivity index (χ3v) is 5.90. The van der Waals surface area contributed by atoms with E-state index in [4.69, 9.17) is 0 Å². The quantitative estimate of drug-likeness (QED) is 0.771. The van der Waals surface area contributed by atoms with Crippen molar-refractivity contribution < 1.29 is 9.59 Å². The Balaban J connectivity index is 1.23. The molecule has 1 atom stereocenters. The van der Waals surface area contributed by atoms with Gasteiger partial charge in [-0.25, -0.2) is 4.98 Å². The number of pyridine rings is 1. The number of benzene rings is 1. The lowest BCUT2D eigenvalue weighted by atomic mass is 10.0. The fraction of sp³-hybridized carbons (Fsp3) is 0.364. The Morgan fingerprint density at radius 1 is 1.17 bits per heavy atom. The maximum Gasteiger partial charge on any atom is 0.230 e. The van der Waals surface area contributed by atoms with Gasteiger partial charge in [0.2, 0.25) is 11.8 Å². The van der Waals surface area contributed by atoms with Crippen molar-refractivity contribution in [2.24, 2.45) is 16.9 Å². The van der Waals surface area contributed by atoms with Crippen LogP contribution in [0.3, 0.4) is 0 Å². The monoisotopic (exact) mass is 404 g/mol. The van der Waals surface area contributed by atoms with Crippen LogP contribution in [0, 0.1) is 11.8 Å². The van der Waals surface area contributed by atoms with E-state index in [0.29, 0.717) is 18.4 Å². The third kappa shape index (κ3) is 3.85. The summed E-state index contributed by atoms with van der Waals surface area (Å²) in [7, 11) is 0. The first-order valence-corrected chi connectivity index (χ1v) is 10.4. The summed E-state index contributed by atoms with van der Waals surface area (Å²) < 4.78 is 0. The molecule has 0 spiro atoms. The summed E-state index contributed by atoms with van der Waals surface area (Å²) in [6.07, 6.45) is 6.87. The predicted octanol–water partition coefficient (Wildman–Crippen LogP) is 2.34. The summed E-state index contributed by atoms with van der Waals surface area (Å²) in [5, 5.41) is 6.85. The summed E-state index contributed by atoms with van der Waals surface area (Å²) in [6, 6.07) is 11.4. The van der Waals surface area contributed by atoms with Gasteiger partial charge in [-0.05, 0) is 48.9 Å². The van der Waals surface area contributed by atoms with Gasteiger partial charge in [-0.1, -0.05) is 12.1 Å². The Morgan fingerprint density at radius 2 is 2.07 bits per heavy atom. The highest BCUT2D eigenvalue weighted by molar-refractivity contribution is 5.98. The van der Waals surface area contributed by atoms with Crippen molar-refractivity contribution >= 4 is 35.3 Å². The van der Waals surface area contributed by atoms with Crippen molar-refractivity contribution in [1.29, 1.82) is 0 Å². The van der Waals surface area contributed by atoms with E-state index in [-0.39, 0.29) is 24.2 Å². The second kappa shape index (κ2) is 7.78. The minimum absolute atomic E-state index is 0.145. The fourth-order valence-electron chi connectivity index (χ4n) is 4.19. The van der Waals surface area contributed by atoms with Crippen LogP contribution in [0.5, 0.6) is 0 Å². The van der Waals surface area contributed by atoms with Crippen LogP contribution in [0.4, 0.5) is 17.2 Å². The van der Waals surface area contributed by atoms with Gasteiger partial charge in [-0.3, -0.25) is 15.0 Å². The number of amides is 2. The van der Waals surface area contributed by atoms with E-state index >= 15 is 0 Å². The van der Waals surface area contributed by atoms with E-state index in [9.17, 15) is 9.59 Å². The largest absolute Gasteiger partial charge is 0.312 e. The molecule has 2 amide bonds. The van der Waals surface area contributed by atoms with Crippen LogP contribution < -0.4 is 20.5 Å². The highest BCUT2D eigenvalue weighted by Crippen LogP contribution is 2.43. The molecule has 1 aromatic heterocycles. The van der Waals surface area contributed by atoms with E-state index in [2.05, 4.69) is 20.8 Å². The van der Waals surface area contributed by atoms with Crippen molar-refractivity contribution in [3.8, 4) is 0 Å². The van der Waals surface area contributed by atoms with Gasteiger partial charge in [-0.15, -0.1) is 0 Å². The van der Waals surface area contributed by atoms with Crippen LogP contribution in [-0.2, 0) is 16.0 Å². The number of anilines is 3. The Hall–Kier alpha value is -3.42. The average molecular weight is 404 g/mol. The first-order valence-electron chi connectivity index (χ1n) is 10.4. The number of nitrogens with zero attached hydrogens (tertiary/aromatic N) is 4. The molecule has 2 aromatic rings. The molecule has 2 fully saturated rings. The summed E-state index contributed by atoms with van der Waals surface area (Å²) in [4.78, 5) is 33.3. The first kappa shape index (κ1) is 18.6. The van der Waals surface area contributed by atoms with E-state index < -0.39 is 0 Å². The molecule has 8 nitrogen and oxygen atoms in total. The van der Waals surface area contributed by atoms with Crippen molar-refractivity contribution in [2.45, 2.75) is 25.7 Å². The number of aromatic nitrogens is 1. The molecule has 2 N–H and O–H groups in total. The zero-order chi connectivity index (χ0) is 20.5.